The highest BCUT2D eigenvalue weighted by atomic mass is 16.7. The van der Waals surface area contributed by atoms with Gasteiger partial charge in [-0.25, -0.2) is 0 Å². The molecule has 0 bridgehead atoms. The van der Waals surface area contributed by atoms with Crippen molar-refractivity contribution in [2.75, 3.05) is 0 Å². The van der Waals surface area contributed by atoms with E-state index in [9.17, 15) is 0 Å². The van der Waals surface area contributed by atoms with E-state index < -0.39 is 14.0 Å². The summed E-state index contributed by atoms with van der Waals surface area (Å²) in [6.07, 6.45) is 0. The number of nitrogens with zero attached hydrogens (tertiary/aromatic N) is 4. The lowest BCUT2D eigenvalue weighted by atomic mass is 9.49. The van der Waals surface area contributed by atoms with Crippen molar-refractivity contribution < 1.29 is 18.6 Å². The molecule has 0 atom stereocenters. The van der Waals surface area contributed by atoms with E-state index in [1.807, 2.05) is 48.5 Å². The highest BCUT2D eigenvalue weighted by Crippen LogP contribution is 2.37. The van der Waals surface area contributed by atoms with Crippen LogP contribution in [0.15, 0.2) is 72.8 Å². The molecule has 0 saturated heterocycles. The van der Waals surface area contributed by atoms with Crippen molar-refractivity contribution in [1.82, 2.24) is 0 Å². The first-order chi connectivity index (χ1) is 16.7. The molecule has 0 spiro atoms. The number of hydrogen-bond donors (Lipinski definition) is 0. The third-order valence-corrected chi connectivity index (χ3v) is 4.80. The van der Waals surface area contributed by atoms with Crippen LogP contribution in [0.3, 0.4) is 0 Å². The minimum atomic E-state index is -0.574. The molecule has 0 saturated carbocycles. The fraction of sp³-hybridized carbons (Fsp3) is 0. The smallest absolute Gasteiger partial charge is 0.524 e. The monoisotopic (exact) mass is 442 g/mol. The molecule has 5 rings (SSSR count). The maximum Gasteiger partial charge on any atom is 0.658 e. The van der Waals surface area contributed by atoms with E-state index in [2.05, 4.69) is 0 Å². The van der Waals surface area contributed by atoms with Gasteiger partial charge in [0.05, 0.1) is 0 Å². The van der Waals surface area contributed by atoms with Gasteiger partial charge in [-0.1, -0.05) is 48.5 Å². The summed E-state index contributed by atoms with van der Waals surface area (Å²) in [5.41, 5.74) is 0.00373. The minimum Gasteiger partial charge on any atom is -0.524 e. The van der Waals surface area contributed by atoms with Crippen LogP contribution in [0.5, 0.6) is 23.0 Å². The zero-order valence-electron chi connectivity index (χ0n) is 17.5. The Labute approximate surface area is 195 Å². The second-order valence-electron chi connectivity index (χ2n) is 6.88. The van der Waals surface area contributed by atoms with Gasteiger partial charge >= 0.3 is 14.0 Å². The van der Waals surface area contributed by atoms with Gasteiger partial charge < -0.3 is 18.6 Å². The number of para-hydroxylation sites is 4. The Hall–Kier alpha value is -5.31. The van der Waals surface area contributed by atoms with Crippen LogP contribution in [0.25, 0.3) is 11.1 Å². The van der Waals surface area contributed by atoms with Crippen LogP contribution in [0.1, 0.15) is 0 Å². The maximum atomic E-state index is 8.63. The van der Waals surface area contributed by atoms with Crippen LogP contribution in [-0.2, 0) is 0 Å². The van der Waals surface area contributed by atoms with Gasteiger partial charge in [0.1, 0.15) is 58.4 Å². The SMILES string of the molecule is N#CC(C#N)=c1ccc(=C(C#N)C#N)cc1.c1ccc2c(c1)OB(B1Oc3ccccc3O1)O2. The van der Waals surface area contributed by atoms with Crippen molar-refractivity contribution in [3.8, 4) is 47.3 Å². The fourth-order valence-electron chi connectivity index (χ4n) is 3.17. The molecule has 3 aromatic rings. The first-order valence-electron chi connectivity index (χ1n) is 9.96. The molecular weight excluding hydrogens is 430 g/mol. The molecule has 0 fully saturated rings. The van der Waals surface area contributed by atoms with E-state index in [1.54, 1.807) is 24.3 Å². The summed E-state index contributed by atoms with van der Waals surface area (Å²) in [6.45, 7) is 0. The summed E-state index contributed by atoms with van der Waals surface area (Å²) in [5.74, 6) is 2.85. The Morgan fingerprint density at radius 1 is 0.471 bits per heavy atom. The van der Waals surface area contributed by atoms with Gasteiger partial charge in [-0.3, -0.25) is 0 Å². The summed E-state index contributed by atoms with van der Waals surface area (Å²) in [4.78, 5) is 0. The van der Waals surface area contributed by atoms with Crippen LogP contribution >= 0.6 is 0 Å². The van der Waals surface area contributed by atoms with Crippen molar-refractivity contribution >= 4 is 25.2 Å². The number of benzene rings is 3. The highest BCUT2D eigenvalue weighted by molar-refractivity contribution is 7.12. The number of rotatable bonds is 1. The van der Waals surface area contributed by atoms with E-state index in [1.165, 1.54) is 24.3 Å². The first kappa shape index (κ1) is 21.9. The van der Waals surface area contributed by atoms with Gasteiger partial charge in [0, 0.05) is 10.4 Å². The second-order valence-corrected chi connectivity index (χ2v) is 6.88. The second kappa shape index (κ2) is 9.88. The quantitative estimate of drug-likeness (QED) is 0.524. The van der Waals surface area contributed by atoms with Crippen LogP contribution in [0, 0.1) is 45.3 Å². The third-order valence-electron chi connectivity index (χ3n) is 4.80. The lowest BCUT2D eigenvalue weighted by Gasteiger charge is -2.06. The standard InChI is InChI=1S/C12H8B2O4.C12H4N4/c1-2-6-10-9(5-1)15-13(16-10)14-17-11-7-3-4-8-12(11)18-14;13-5-11(6-14)9-1-2-10(4-3-9)12(7-15)8-16/h1-8H;1-4H. The first-order valence-corrected chi connectivity index (χ1v) is 9.96. The van der Waals surface area contributed by atoms with Crippen molar-refractivity contribution in [2.45, 2.75) is 0 Å². The highest BCUT2D eigenvalue weighted by Gasteiger charge is 2.54. The van der Waals surface area contributed by atoms with Crippen LogP contribution in [-0.4, -0.2) is 14.0 Å². The summed E-state index contributed by atoms with van der Waals surface area (Å²) in [5, 5.41) is 35.5. The number of nitriles is 4. The molecule has 0 radical (unpaired) electrons. The van der Waals surface area contributed by atoms with E-state index in [4.69, 9.17) is 39.7 Å². The minimum absolute atomic E-state index is 0.00187. The molecule has 0 aliphatic carbocycles. The Balaban J connectivity index is 0.000000163. The third kappa shape index (κ3) is 4.48. The topological polar surface area (TPSA) is 132 Å². The average molecular weight is 442 g/mol. The molecule has 8 nitrogen and oxygen atoms in total. The lowest BCUT2D eigenvalue weighted by molar-refractivity contribution is 0.464. The van der Waals surface area contributed by atoms with E-state index in [0.29, 0.717) is 33.4 Å². The zero-order valence-corrected chi connectivity index (χ0v) is 17.5. The van der Waals surface area contributed by atoms with Gasteiger partial charge in [-0.15, -0.1) is 0 Å². The molecule has 2 heterocycles. The molecule has 34 heavy (non-hydrogen) atoms. The molecular formula is C24H12B2N4O4. The van der Waals surface area contributed by atoms with Crippen molar-refractivity contribution in [1.29, 1.82) is 21.0 Å². The Kier molecular flexibility index (Phi) is 6.36. The van der Waals surface area contributed by atoms with Gasteiger partial charge in [0.25, 0.3) is 0 Å². The lowest BCUT2D eigenvalue weighted by Crippen LogP contribution is -2.49. The molecule has 0 aromatic heterocycles. The number of hydrogen-bond acceptors (Lipinski definition) is 8. The molecule has 158 valence electrons. The molecule has 2 aliphatic heterocycles. The van der Waals surface area contributed by atoms with Gasteiger partial charge in [-0.05, 0) is 24.3 Å². The fourth-order valence-corrected chi connectivity index (χ4v) is 3.17. The van der Waals surface area contributed by atoms with Gasteiger partial charge in [0.2, 0.25) is 0 Å². The van der Waals surface area contributed by atoms with E-state index >= 15 is 0 Å². The van der Waals surface area contributed by atoms with Gasteiger partial charge in [0.15, 0.2) is 0 Å². The largest absolute Gasteiger partial charge is 0.658 e. The normalized spacial score (nSPS) is 11.6. The molecule has 2 aliphatic rings. The summed E-state index contributed by atoms with van der Waals surface area (Å²) < 4.78 is 22.6. The number of fused-ring (bicyclic) bond motifs is 2. The molecule has 0 N–H and O–H groups in total. The van der Waals surface area contributed by atoms with Gasteiger partial charge in [-0.2, -0.15) is 21.0 Å². The van der Waals surface area contributed by atoms with Crippen molar-refractivity contribution in [3.63, 3.8) is 0 Å². The van der Waals surface area contributed by atoms with Crippen LogP contribution in [0.4, 0.5) is 0 Å². The van der Waals surface area contributed by atoms with E-state index in [0.717, 1.165) is 0 Å². The summed E-state index contributed by atoms with van der Waals surface area (Å²) in [7, 11) is -1.15. The Bertz CT molecular complexity index is 1330. The predicted octanol–water partition coefficient (Wildman–Crippen LogP) is 2.07. The zero-order chi connectivity index (χ0) is 23.9. The van der Waals surface area contributed by atoms with Crippen molar-refractivity contribution in [3.05, 3.63) is 83.2 Å². The Morgan fingerprint density at radius 2 is 0.735 bits per heavy atom. The van der Waals surface area contributed by atoms with E-state index in [-0.39, 0.29) is 11.1 Å². The maximum absolute atomic E-state index is 8.63. The average Bonchev–Trinajstić information content (AvgIpc) is 3.51. The van der Waals surface area contributed by atoms with Crippen LogP contribution < -0.4 is 29.1 Å². The van der Waals surface area contributed by atoms with Crippen molar-refractivity contribution in [2.24, 2.45) is 0 Å². The molecule has 0 unspecified atom stereocenters. The molecule has 0 amide bonds. The molecule has 3 aromatic carbocycles. The Morgan fingerprint density at radius 3 is 0.971 bits per heavy atom. The molecule has 10 heteroatoms. The van der Waals surface area contributed by atoms with Crippen LogP contribution in [0.2, 0.25) is 0 Å². The predicted molar refractivity (Wildman–Crippen MR) is 122 cm³/mol. The summed E-state index contributed by atoms with van der Waals surface area (Å²) in [6, 6.07) is 28.2. The summed E-state index contributed by atoms with van der Waals surface area (Å²) >= 11 is 0.